The molecule has 0 saturated heterocycles. The van der Waals surface area contributed by atoms with Gasteiger partial charge in [0.15, 0.2) is 0 Å². The zero-order valence-corrected chi connectivity index (χ0v) is 10.9. The number of hydrogen-bond donors (Lipinski definition) is 2. The van der Waals surface area contributed by atoms with Gasteiger partial charge in [0.2, 0.25) is 0 Å². The van der Waals surface area contributed by atoms with Crippen LogP contribution in [0.15, 0.2) is 22.8 Å². The fourth-order valence-corrected chi connectivity index (χ4v) is 1.35. The predicted molar refractivity (Wildman–Crippen MR) is 64.1 cm³/mol. The molecule has 0 bridgehead atoms. The summed E-state index contributed by atoms with van der Waals surface area (Å²) >= 11 is 0. The normalized spacial score (nSPS) is 13.6. The summed E-state index contributed by atoms with van der Waals surface area (Å²) < 4.78 is 49.9. The van der Waals surface area contributed by atoms with Crippen LogP contribution in [-0.4, -0.2) is 50.3 Å². The second kappa shape index (κ2) is 8.96. The Hall–Kier alpha value is -1.09. The molecule has 20 heavy (non-hydrogen) atoms. The zero-order valence-electron chi connectivity index (χ0n) is 10.9. The molecule has 0 aliphatic carbocycles. The standard InChI is InChI=1S/C12H18F3NO4/c13-12(14,15)9-18-5-3-16-6-10(17)7-19-8-11-2-1-4-20-11/h1-2,4,10,16-17H,3,5-9H2. The van der Waals surface area contributed by atoms with Gasteiger partial charge in [-0.3, -0.25) is 0 Å². The van der Waals surface area contributed by atoms with Crippen molar-refractivity contribution in [1.82, 2.24) is 5.32 Å². The van der Waals surface area contributed by atoms with Crippen LogP contribution in [0.5, 0.6) is 0 Å². The van der Waals surface area contributed by atoms with Gasteiger partial charge in [-0.2, -0.15) is 13.2 Å². The highest BCUT2D eigenvalue weighted by atomic mass is 19.4. The lowest BCUT2D eigenvalue weighted by Crippen LogP contribution is -2.33. The number of nitrogens with one attached hydrogen (secondary N) is 1. The van der Waals surface area contributed by atoms with Gasteiger partial charge in [0, 0.05) is 13.1 Å². The first-order chi connectivity index (χ1) is 9.47. The molecule has 1 unspecified atom stereocenters. The van der Waals surface area contributed by atoms with Crippen LogP contribution in [0.2, 0.25) is 0 Å². The molecule has 0 aliphatic rings. The summed E-state index contributed by atoms with van der Waals surface area (Å²) in [5, 5.41) is 12.3. The van der Waals surface area contributed by atoms with Crippen LogP contribution in [0, 0.1) is 0 Å². The SMILES string of the molecule is OC(CNCCOCC(F)(F)F)COCc1ccco1. The molecule has 1 aromatic rings. The number of halogens is 3. The number of ether oxygens (including phenoxy) is 2. The van der Waals surface area contributed by atoms with E-state index in [0.29, 0.717) is 5.76 Å². The summed E-state index contributed by atoms with van der Waals surface area (Å²) in [6.07, 6.45) is -3.52. The van der Waals surface area contributed by atoms with E-state index in [1.54, 1.807) is 12.1 Å². The number of alkyl halides is 3. The van der Waals surface area contributed by atoms with Crippen LogP contribution in [0.4, 0.5) is 13.2 Å². The topological polar surface area (TPSA) is 63.9 Å². The minimum Gasteiger partial charge on any atom is -0.467 e. The zero-order chi connectivity index (χ0) is 14.8. The molecule has 8 heteroatoms. The van der Waals surface area contributed by atoms with Crippen molar-refractivity contribution >= 4 is 0 Å². The van der Waals surface area contributed by atoms with Crippen LogP contribution in [0.3, 0.4) is 0 Å². The van der Waals surface area contributed by atoms with Gasteiger partial charge in [0.25, 0.3) is 0 Å². The highest BCUT2D eigenvalue weighted by Gasteiger charge is 2.27. The fourth-order valence-electron chi connectivity index (χ4n) is 1.35. The van der Waals surface area contributed by atoms with Crippen molar-refractivity contribution in [2.75, 3.05) is 32.9 Å². The summed E-state index contributed by atoms with van der Waals surface area (Å²) in [6.45, 7) is -0.516. The van der Waals surface area contributed by atoms with Gasteiger partial charge < -0.3 is 24.3 Å². The van der Waals surface area contributed by atoms with Crippen molar-refractivity contribution in [3.63, 3.8) is 0 Å². The number of furan rings is 1. The first-order valence-electron chi connectivity index (χ1n) is 6.11. The molecule has 1 aromatic heterocycles. The van der Waals surface area contributed by atoms with Crippen molar-refractivity contribution in [2.24, 2.45) is 0 Å². The van der Waals surface area contributed by atoms with E-state index in [1.807, 2.05) is 0 Å². The molecule has 0 saturated carbocycles. The maximum absolute atomic E-state index is 11.7. The van der Waals surface area contributed by atoms with E-state index in [0.717, 1.165) is 0 Å². The smallest absolute Gasteiger partial charge is 0.411 e. The molecule has 1 atom stereocenters. The average Bonchev–Trinajstić information content (AvgIpc) is 2.85. The van der Waals surface area contributed by atoms with Crippen molar-refractivity contribution in [3.8, 4) is 0 Å². The van der Waals surface area contributed by atoms with Gasteiger partial charge in [-0.05, 0) is 12.1 Å². The lowest BCUT2D eigenvalue weighted by atomic mass is 10.3. The van der Waals surface area contributed by atoms with Crippen LogP contribution in [0.25, 0.3) is 0 Å². The second-order valence-electron chi connectivity index (χ2n) is 4.12. The van der Waals surface area contributed by atoms with Gasteiger partial charge in [-0.15, -0.1) is 0 Å². The van der Waals surface area contributed by atoms with Crippen molar-refractivity contribution < 1.29 is 32.2 Å². The molecule has 0 fully saturated rings. The Labute approximate surface area is 114 Å². The molecule has 0 aromatic carbocycles. The van der Waals surface area contributed by atoms with E-state index in [9.17, 15) is 18.3 Å². The molecule has 2 N–H and O–H groups in total. The molecule has 1 heterocycles. The van der Waals surface area contributed by atoms with E-state index < -0.39 is 18.9 Å². The van der Waals surface area contributed by atoms with E-state index >= 15 is 0 Å². The molecule has 0 aliphatic heterocycles. The maximum Gasteiger partial charge on any atom is 0.411 e. The van der Waals surface area contributed by atoms with Crippen molar-refractivity contribution in [2.45, 2.75) is 18.9 Å². The number of aliphatic hydroxyl groups excluding tert-OH is 1. The largest absolute Gasteiger partial charge is 0.467 e. The monoisotopic (exact) mass is 297 g/mol. The Kier molecular flexibility index (Phi) is 7.60. The lowest BCUT2D eigenvalue weighted by molar-refractivity contribution is -0.173. The van der Waals surface area contributed by atoms with E-state index in [-0.39, 0.29) is 32.9 Å². The Balaban J connectivity index is 1.91. The van der Waals surface area contributed by atoms with Crippen LogP contribution < -0.4 is 5.32 Å². The Bertz CT molecular complexity index is 343. The third kappa shape index (κ3) is 8.92. The first-order valence-corrected chi connectivity index (χ1v) is 6.11. The third-order valence-electron chi connectivity index (χ3n) is 2.20. The fraction of sp³-hybridized carbons (Fsp3) is 0.667. The quantitative estimate of drug-likeness (QED) is 0.638. The lowest BCUT2D eigenvalue weighted by Gasteiger charge is -2.12. The second-order valence-corrected chi connectivity index (χ2v) is 4.12. The van der Waals surface area contributed by atoms with Crippen LogP contribution >= 0.6 is 0 Å². The van der Waals surface area contributed by atoms with Crippen molar-refractivity contribution in [3.05, 3.63) is 24.2 Å². The molecule has 0 amide bonds. The summed E-state index contributed by atoms with van der Waals surface area (Å²) in [7, 11) is 0. The Morgan fingerprint density at radius 3 is 2.80 bits per heavy atom. The average molecular weight is 297 g/mol. The van der Waals surface area contributed by atoms with Gasteiger partial charge in [-0.1, -0.05) is 0 Å². The van der Waals surface area contributed by atoms with Gasteiger partial charge in [0.05, 0.1) is 25.6 Å². The van der Waals surface area contributed by atoms with Crippen molar-refractivity contribution in [1.29, 1.82) is 0 Å². The number of rotatable bonds is 10. The summed E-state index contributed by atoms with van der Waals surface area (Å²) in [4.78, 5) is 0. The highest BCUT2D eigenvalue weighted by Crippen LogP contribution is 2.13. The van der Waals surface area contributed by atoms with Crippen LogP contribution in [-0.2, 0) is 16.1 Å². The highest BCUT2D eigenvalue weighted by molar-refractivity contribution is 4.96. The minimum atomic E-state index is -4.31. The molecule has 116 valence electrons. The molecule has 0 radical (unpaired) electrons. The Morgan fingerprint density at radius 1 is 1.35 bits per heavy atom. The maximum atomic E-state index is 11.7. The third-order valence-corrected chi connectivity index (χ3v) is 2.20. The van der Waals surface area contributed by atoms with Gasteiger partial charge >= 0.3 is 6.18 Å². The molecule has 0 spiro atoms. The number of hydrogen-bond acceptors (Lipinski definition) is 5. The van der Waals surface area contributed by atoms with Gasteiger partial charge in [-0.25, -0.2) is 0 Å². The number of aliphatic hydroxyl groups is 1. The molecule has 5 nitrogen and oxygen atoms in total. The molecule has 1 rings (SSSR count). The van der Waals surface area contributed by atoms with Crippen LogP contribution in [0.1, 0.15) is 5.76 Å². The molecular weight excluding hydrogens is 279 g/mol. The van der Waals surface area contributed by atoms with E-state index in [2.05, 4.69) is 10.1 Å². The summed E-state index contributed by atoms with van der Waals surface area (Å²) in [5.41, 5.74) is 0. The first kappa shape index (κ1) is 17.0. The van der Waals surface area contributed by atoms with Gasteiger partial charge in [0.1, 0.15) is 19.0 Å². The van der Waals surface area contributed by atoms with E-state index in [4.69, 9.17) is 9.15 Å². The minimum absolute atomic E-state index is 0.0700. The Morgan fingerprint density at radius 2 is 2.15 bits per heavy atom. The summed E-state index contributed by atoms with van der Waals surface area (Å²) in [6, 6.07) is 3.49. The summed E-state index contributed by atoms with van der Waals surface area (Å²) in [5.74, 6) is 0.658. The molecular formula is C12H18F3NO4. The predicted octanol–water partition coefficient (Wildman–Crippen LogP) is 1.33. The van der Waals surface area contributed by atoms with E-state index in [1.165, 1.54) is 6.26 Å².